The molecule has 2 aromatic heterocycles. The standard InChI is InChI=1S/C12H14F2N2O2/c1-2-3-4-5-7-6-8(17)18-12-9(7)10(11(13)14)15-16-12/h6,11H,2-5H2,1H3,(H,15,16). The van der Waals surface area contributed by atoms with E-state index in [9.17, 15) is 13.6 Å². The summed E-state index contributed by atoms with van der Waals surface area (Å²) in [6.07, 6.45) is 0.784. The Balaban J connectivity index is 2.47. The summed E-state index contributed by atoms with van der Waals surface area (Å²) >= 11 is 0. The van der Waals surface area contributed by atoms with E-state index in [-0.39, 0.29) is 16.8 Å². The third-order valence-corrected chi connectivity index (χ3v) is 2.84. The molecule has 6 heteroatoms. The molecule has 2 heterocycles. The Morgan fingerprint density at radius 3 is 2.89 bits per heavy atom. The number of aromatic nitrogens is 2. The molecular formula is C12H14F2N2O2. The largest absolute Gasteiger partial charge is 0.402 e. The zero-order chi connectivity index (χ0) is 13.1. The number of rotatable bonds is 5. The van der Waals surface area contributed by atoms with Gasteiger partial charge in [0.1, 0.15) is 5.69 Å². The SMILES string of the molecule is CCCCCc1cc(=O)oc2n[nH]c(C(F)F)c12. The maximum Gasteiger partial charge on any atom is 0.337 e. The fraction of sp³-hybridized carbons (Fsp3) is 0.500. The fourth-order valence-electron chi connectivity index (χ4n) is 1.98. The van der Waals surface area contributed by atoms with E-state index in [4.69, 9.17) is 4.42 Å². The van der Waals surface area contributed by atoms with Crippen molar-refractivity contribution in [1.82, 2.24) is 10.2 Å². The lowest BCUT2D eigenvalue weighted by Crippen LogP contribution is -2.01. The van der Waals surface area contributed by atoms with E-state index in [1.54, 1.807) is 0 Å². The molecular weight excluding hydrogens is 242 g/mol. The number of aromatic amines is 1. The number of nitrogens with zero attached hydrogens (tertiary/aromatic N) is 1. The van der Waals surface area contributed by atoms with E-state index in [0.29, 0.717) is 12.0 Å². The van der Waals surface area contributed by atoms with Crippen LogP contribution in [0.3, 0.4) is 0 Å². The summed E-state index contributed by atoms with van der Waals surface area (Å²) in [5.74, 6) is 0. The number of aryl methyl sites for hydroxylation is 1. The van der Waals surface area contributed by atoms with Gasteiger partial charge in [0.15, 0.2) is 0 Å². The first-order valence-corrected chi connectivity index (χ1v) is 5.92. The van der Waals surface area contributed by atoms with Gasteiger partial charge in [0.25, 0.3) is 6.43 Å². The molecule has 0 saturated heterocycles. The maximum absolute atomic E-state index is 12.8. The average molecular weight is 256 g/mol. The van der Waals surface area contributed by atoms with Gasteiger partial charge in [-0.05, 0) is 18.4 Å². The predicted octanol–water partition coefficient (Wildman–Crippen LogP) is 3.19. The summed E-state index contributed by atoms with van der Waals surface area (Å²) in [6.45, 7) is 2.05. The predicted molar refractivity (Wildman–Crippen MR) is 62.8 cm³/mol. The third kappa shape index (κ3) is 2.42. The number of hydrogen-bond acceptors (Lipinski definition) is 3. The van der Waals surface area contributed by atoms with Crippen LogP contribution in [-0.2, 0) is 6.42 Å². The maximum atomic E-state index is 12.8. The smallest absolute Gasteiger partial charge is 0.337 e. The lowest BCUT2D eigenvalue weighted by Gasteiger charge is -2.03. The van der Waals surface area contributed by atoms with Crippen LogP contribution in [-0.4, -0.2) is 10.2 Å². The van der Waals surface area contributed by atoms with Crippen molar-refractivity contribution >= 4 is 11.1 Å². The zero-order valence-electron chi connectivity index (χ0n) is 10.0. The molecule has 0 spiro atoms. The summed E-state index contributed by atoms with van der Waals surface area (Å²) in [5, 5.41) is 6.11. The summed E-state index contributed by atoms with van der Waals surface area (Å²) < 4.78 is 30.4. The zero-order valence-corrected chi connectivity index (χ0v) is 10.0. The van der Waals surface area contributed by atoms with Gasteiger partial charge < -0.3 is 4.42 Å². The normalized spacial score (nSPS) is 11.6. The molecule has 0 bridgehead atoms. The Morgan fingerprint density at radius 1 is 1.44 bits per heavy atom. The van der Waals surface area contributed by atoms with E-state index in [1.807, 2.05) is 0 Å². The Labute approximate surface area is 102 Å². The molecule has 0 aliphatic heterocycles. The van der Waals surface area contributed by atoms with Crippen molar-refractivity contribution in [2.45, 2.75) is 39.0 Å². The van der Waals surface area contributed by atoms with Gasteiger partial charge in [-0.25, -0.2) is 13.6 Å². The van der Waals surface area contributed by atoms with Crippen LogP contribution < -0.4 is 5.63 Å². The van der Waals surface area contributed by atoms with Gasteiger partial charge in [0, 0.05) is 6.07 Å². The van der Waals surface area contributed by atoms with E-state index < -0.39 is 12.1 Å². The molecule has 0 saturated carbocycles. The van der Waals surface area contributed by atoms with Crippen LogP contribution in [0.2, 0.25) is 0 Å². The van der Waals surface area contributed by atoms with Crippen molar-refractivity contribution in [3.8, 4) is 0 Å². The van der Waals surface area contributed by atoms with Crippen molar-refractivity contribution < 1.29 is 13.2 Å². The van der Waals surface area contributed by atoms with Gasteiger partial charge in [-0.2, -0.15) is 0 Å². The Bertz CT molecular complexity index is 589. The van der Waals surface area contributed by atoms with Gasteiger partial charge in [-0.1, -0.05) is 19.8 Å². The number of unbranched alkanes of at least 4 members (excludes halogenated alkanes) is 2. The molecule has 2 rings (SSSR count). The number of fused-ring (bicyclic) bond motifs is 1. The van der Waals surface area contributed by atoms with Crippen LogP contribution in [0.1, 0.15) is 43.9 Å². The van der Waals surface area contributed by atoms with E-state index in [2.05, 4.69) is 17.1 Å². The Morgan fingerprint density at radius 2 is 2.22 bits per heavy atom. The molecule has 0 amide bonds. The van der Waals surface area contributed by atoms with Crippen LogP contribution in [0.5, 0.6) is 0 Å². The molecule has 0 aliphatic carbocycles. The lowest BCUT2D eigenvalue weighted by atomic mass is 10.0. The van der Waals surface area contributed by atoms with Gasteiger partial charge >= 0.3 is 5.63 Å². The lowest BCUT2D eigenvalue weighted by molar-refractivity contribution is 0.147. The second-order valence-corrected chi connectivity index (χ2v) is 4.17. The highest BCUT2D eigenvalue weighted by molar-refractivity contribution is 5.80. The average Bonchev–Trinajstić information content (AvgIpc) is 2.72. The number of alkyl halides is 2. The first-order valence-electron chi connectivity index (χ1n) is 5.92. The van der Waals surface area contributed by atoms with Crippen LogP contribution in [0, 0.1) is 0 Å². The Hall–Kier alpha value is -1.72. The minimum atomic E-state index is -2.66. The van der Waals surface area contributed by atoms with Crippen molar-refractivity contribution in [3.63, 3.8) is 0 Å². The topological polar surface area (TPSA) is 58.9 Å². The molecule has 0 atom stereocenters. The summed E-state index contributed by atoms with van der Waals surface area (Å²) in [6, 6.07) is 1.28. The summed E-state index contributed by atoms with van der Waals surface area (Å²) in [5.41, 5.74) is -0.287. The molecule has 0 aromatic carbocycles. The van der Waals surface area contributed by atoms with Gasteiger partial charge in [0.2, 0.25) is 5.71 Å². The van der Waals surface area contributed by atoms with Gasteiger partial charge in [-0.3, -0.25) is 5.10 Å². The molecule has 0 fully saturated rings. The summed E-state index contributed by atoms with van der Waals surface area (Å²) in [7, 11) is 0. The van der Waals surface area contributed by atoms with E-state index in [0.717, 1.165) is 19.3 Å². The minimum absolute atomic E-state index is 0.0377. The second kappa shape index (κ2) is 5.29. The van der Waals surface area contributed by atoms with Gasteiger partial charge in [-0.15, -0.1) is 5.10 Å². The fourth-order valence-corrected chi connectivity index (χ4v) is 1.98. The number of halogens is 2. The highest BCUT2D eigenvalue weighted by Gasteiger charge is 2.19. The van der Waals surface area contributed by atoms with Gasteiger partial charge in [0.05, 0.1) is 5.39 Å². The van der Waals surface area contributed by atoms with Crippen molar-refractivity contribution in [2.75, 3.05) is 0 Å². The minimum Gasteiger partial charge on any atom is -0.402 e. The van der Waals surface area contributed by atoms with Crippen LogP contribution in [0.15, 0.2) is 15.3 Å². The monoisotopic (exact) mass is 256 g/mol. The summed E-state index contributed by atoms with van der Waals surface area (Å²) in [4.78, 5) is 11.3. The first kappa shape index (κ1) is 12.7. The van der Waals surface area contributed by atoms with E-state index in [1.165, 1.54) is 6.07 Å². The highest BCUT2D eigenvalue weighted by atomic mass is 19.3. The van der Waals surface area contributed by atoms with Crippen molar-refractivity contribution in [3.05, 3.63) is 27.7 Å². The molecule has 0 radical (unpaired) electrons. The molecule has 0 unspecified atom stereocenters. The van der Waals surface area contributed by atoms with Crippen molar-refractivity contribution in [2.24, 2.45) is 0 Å². The molecule has 0 aliphatic rings. The van der Waals surface area contributed by atoms with Crippen molar-refractivity contribution in [1.29, 1.82) is 0 Å². The molecule has 4 nitrogen and oxygen atoms in total. The second-order valence-electron chi connectivity index (χ2n) is 4.17. The molecule has 18 heavy (non-hydrogen) atoms. The quantitative estimate of drug-likeness (QED) is 0.836. The number of H-pyrrole nitrogens is 1. The highest BCUT2D eigenvalue weighted by Crippen LogP contribution is 2.28. The van der Waals surface area contributed by atoms with Crippen LogP contribution in [0.25, 0.3) is 11.1 Å². The van der Waals surface area contributed by atoms with Crippen LogP contribution in [0.4, 0.5) is 8.78 Å². The first-order chi connectivity index (χ1) is 8.63. The molecule has 1 N–H and O–H groups in total. The number of nitrogens with one attached hydrogen (secondary N) is 1. The molecule has 98 valence electrons. The molecule has 2 aromatic rings. The van der Waals surface area contributed by atoms with Crippen LogP contribution >= 0.6 is 0 Å². The Kier molecular flexibility index (Phi) is 3.74. The van der Waals surface area contributed by atoms with E-state index >= 15 is 0 Å². The number of hydrogen-bond donors (Lipinski definition) is 1. The third-order valence-electron chi connectivity index (χ3n) is 2.84.